The third-order valence-electron chi connectivity index (χ3n) is 3.76. The standard InChI is InChI=1S/C22H20N2O2/c1-17(14-18-8-3-2-4-9-18)15-23-24-22(25)16-26-21-13-7-11-19-10-5-6-12-20(19)21/h2-15H,16H2,1H3,(H,24,25)/b17-14-,23-15+. The van der Waals surface area contributed by atoms with Crippen LogP contribution in [0.3, 0.4) is 0 Å². The van der Waals surface area contributed by atoms with Gasteiger partial charge in [-0.15, -0.1) is 0 Å². The zero-order valence-corrected chi connectivity index (χ0v) is 14.6. The molecule has 0 unspecified atom stereocenters. The summed E-state index contributed by atoms with van der Waals surface area (Å²) in [6, 6.07) is 23.6. The van der Waals surface area contributed by atoms with Gasteiger partial charge in [0.05, 0.1) is 6.21 Å². The third kappa shape index (κ3) is 4.80. The van der Waals surface area contributed by atoms with Crippen molar-refractivity contribution in [3.8, 4) is 5.75 Å². The topological polar surface area (TPSA) is 50.7 Å². The molecule has 0 saturated heterocycles. The lowest BCUT2D eigenvalue weighted by molar-refractivity contribution is -0.123. The summed E-state index contributed by atoms with van der Waals surface area (Å²) >= 11 is 0. The molecular formula is C22H20N2O2. The van der Waals surface area contributed by atoms with Crippen molar-refractivity contribution in [1.29, 1.82) is 0 Å². The SMILES string of the molecule is CC(=C/c1ccccc1)/C=N/NC(=O)COc1cccc2ccccc12. The van der Waals surface area contributed by atoms with Gasteiger partial charge in [0.2, 0.25) is 0 Å². The van der Waals surface area contributed by atoms with E-state index in [1.54, 1.807) is 6.21 Å². The van der Waals surface area contributed by atoms with Gasteiger partial charge in [-0.2, -0.15) is 5.10 Å². The molecular weight excluding hydrogens is 324 g/mol. The van der Waals surface area contributed by atoms with E-state index >= 15 is 0 Å². The Kier molecular flexibility index (Phi) is 5.78. The number of hydrogen-bond acceptors (Lipinski definition) is 3. The van der Waals surface area contributed by atoms with Crippen LogP contribution in [0, 0.1) is 0 Å². The first kappa shape index (κ1) is 17.4. The van der Waals surface area contributed by atoms with Crippen LogP contribution in [0.1, 0.15) is 12.5 Å². The summed E-state index contributed by atoms with van der Waals surface area (Å²) < 4.78 is 5.63. The molecule has 0 aliphatic rings. The zero-order chi connectivity index (χ0) is 18.2. The Morgan fingerprint density at radius 3 is 2.58 bits per heavy atom. The summed E-state index contributed by atoms with van der Waals surface area (Å²) in [5.74, 6) is 0.379. The molecule has 0 aliphatic heterocycles. The van der Waals surface area contributed by atoms with E-state index in [0.29, 0.717) is 5.75 Å². The number of nitrogens with zero attached hydrogens (tertiary/aromatic N) is 1. The van der Waals surface area contributed by atoms with Crippen molar-refractivity contribution < 1.29 is 9.53 Å². The van der Waals surface area contributed by atoms with E-state index in [-0.39, 0.29) is 12.5 Å². The molecule has 1 amide bonds. The van der Waals surface area contributed by atoms with Crippen molar-refractivity contribution >= 4 is 29.0 Å². The van der Waals surface area contributed by atoms with E-state index in [0.717, 1.165) is 21.9 Å². The van der Waals surface area contributed by atoms with Crippen LogP contribution in [0.2, 0.25) is 0 Å². The summed E-state index contributed by atoms with van der Waals surface area (Å²) in [4.78, 5) is 11.9. The van der Waals surface area contributed by atoms with E-state index < -0.39 is 0 Å². The maximum Gasteiger partial charge on any atom is 0.277 e. The van der Waals surface area contributed by atoms with E-state index in [9.17, 15) is 4.79 Å². The van der Waals surface area contributed by atoms with Gasteiger partial charge >= 0.3 is 0 Å². The number of nitrogens with one attached hydrogen (secondary N) is 1. The normalized spacial score (nSPS) is 11.7. The molecule has 0 saturated carbocycles. The van der Waals surface area contributed by atoms with Crippen LogP contribution in [0.4, 0.5) is 0 Å². The molecule has 130 valence electrons. The van der Waals surface area contributed by atoms with Crippen LogP contribution in [0.5, 0.6) is 5.75 Å². The average Bonchev–Trinajstić information content (AvgIpc) is 2.67. The molecule has 0 heterocycles. The summed E-state index contributed by atoms with van der Waals surface area (Å²) in [5, 5.41) is 6.02. The van der Waals surface area contributed by atoms with Gasteiger partial charge in [0, 0.05) is 5.39 Å². The third-order valence-corrected chi connectivity index (χ3v) is 3.76. The fourth-order valence-corrected chi connectivity index (χ4v) is 2.55. The molecule has 0 aromatic heterocycles. The van der Waals surface area contributed by atoms with Gasteiger partial charge in [0.15, 0.2) is 6.61 Å². The lowest BCUT2D eigenvalue weighted by atomic mass is 10.1. The van der Waals surface area contributed by atoms with Gasteiger partial charge in [-0.25, -0.2) is 5.43 Å². The summed E-state index contributed by atoms with van der Waals surface area (Å²) in [5.41, 5.74) is 4.50. The van der Waals surface area contributed by atoms with Crippen LogP contribution < -0.4 is 10.2 Å². The summed E-state index contributed by atoms with van der Waals surface area (Å²) in [6.07, 6.45) is 3.60. The van der Waals surface area contributed by atoms with Gasteiger partial charge in [0.25, 0.3) is 5.91 Å². The quantitative estimate of drug-likeness (QED) is 0.531. The number of carbonyl (C=O) groups excluding carboxylic acids is 1. The first-order valence-electron chi connectivity index (χ1n) is 8.38. The highest BCUT2D eigenvalue weighted by molar-refractivity contribution is 5.89. The fraction of sp³-hybridized carbons (Fsp3) is 0.0909. The second kappa shape index (κ2) is 8.62. The molecule has 0 radical (unpaired) electrons. The Morgan fingerprint density at radius 2 is 1.73 bits per heavy atom. The monoisotopic (exact) mass is 344 g/mol. The number of amides is 1. The van der Waals surface area contributed by atoms with Crippen molar-refractivity contribution in [2.45, 2.75) is 6.92 Å². The summed E-state index contributed by atoms with van der Waals surface area (Å²) in [6.45, 7) is 1.84. The fourth-order valence-electron chi connectivity index (χ4n) is 2.55. The van der Waals surface area contributed by atoms with E-state index in [2.05, 4.69) is 10.5 Å². The van der Waals surface area contributed by atoms with Crippen molar-refractivity contribution in [1.82, 2.24) is 5.43 Å². The first-order chi connectivity index (χ1) is 12.7. The zero-order valence-electron chi connectivity index (χ0n) is 14.6. The molecule has 3 aromatic rings. The molecule has 4 heteroatoms. The number of fused-ring (bicyclic) bond motifs is 1. The van der Waals surface area contributed by atoms with E-state index in [1.165, 1.54) is 0 Å². The second-order valence-corrected chi connectivity index (χ2v) is 5.86. The van der Waals surface area contributed by atoms with Gasteiger partial charge in [-0.05, 0) is 29.5 Å². The Bertz CT molecular complexity index is 941. The molecule has 0 bridgehead atoms. The Morgan fingerprint density at radius 1 is 1.00 bits per heavy atom. The van der Waals surface area contributed by atoms with Crippen molar-refractivity contribution in [3.05, 3.63) is 83.9 Å². The van der Waals surface area contributed by atoms with Crippen LogP contribution >= 0.6 is 0 Å². The molecule has 1 N–H and O–H groups in total. The van der Waals surface area contributed by atoms with Crippen LogP contribution in [-0.4, -0.2) is 18.7 Å². The predicted octanol–water partition coefficient (Wildman–Crippen LogP) is 4.42. The molecule has 3 rings (SSSR count). The number of hydrogen-bond donors (Lipinski definition) is 1. The number of carbonyl (C=O) groups is 1. The number of ether oxygens (including phenoxy) is 1. The number of allylic oxidation sites excluding steroid dienone is 1. The smallest absolute Gasteiger partial charge is 0.277 e. The molecule has 4 nitrogen and oxygen atoms in total. The summed E-state index contributed by atoms with van der Waals surface area (Å²) in [7, 11) is 0. The Labute approximate surface area is 152 Å². The predicted molar refractivity (Wildman–Crippen MR) is 106 cm³/mol. The molecule has 26 heavy (non-hydrogen) atoms. The Hall–Kier alpha value is -3.40. The molecule has 0 spiro atoms. The highest BCUT2D eigenvalue weighted by Crippen LogP contribution is 2.24. The molecule has 0 fully saturated rings. The molecule has 0 aliphatic carbocycles. The highest BCUT2D eigenvalue weighted by Gasteiger charge is 2.04. The van der Waals surface area contributed by atoms with Gasteiger partial charge in [-0.1, -0.05) is 72.8 Å². The van der Waals surface area contributed by atoms with Crippen LogP contribution in [-0.2, 0) is 4.79 Å². The average molecular weight is 344 g/mol. The minimum atomic E-state index is -0.304. The van der Waals surface area contributed by atoms with Crippen molar-refractivity contribution in [2.24, 2.45) is 5.10 Å². The second-order valence-electron chi connectivity index (χ2n) is 5.86. The number of hydrazone groups is 1. The maximum atomic E-state index is 11.9. The van der Waals surface area contributed by atoms with E-state index in [1.807, 2.05) is 85.8 Å². The van der Waals surface area contributed by atoms with Crippen molar-refractivity contribution in [3.63, 3.8) is 0 Å². The highest BCUT2D eigenvalue weighted by atomic mass is 16.5. The number of rotatable bonds is 6. The first-order valence-corrected chi connectivity index (χ1v) is 8.38. The van der Waals surface area contributed by atoms with Crippen molar-refractivity contribution in [2.75, 3.05) is 6.61 Å². The van der Waals surface area contributed by atoms with Crippen LogP contribution in [0.25, 0.3) is 16.8 Å². The van der Waals surface area contributed by atoms with Crippen LogP contribution in [0.15, 0.2) is 83.5 Å². The van der Waals surface area contributed by atoms with Gasteiger partial charge in [-0.3, -0.25) is 4.79 Å². The lowest BCUT2D eigenvalue weighted by Crippen LogP contribution is -2.24. The minimum absolute atomic E-state index is 0.0905. The largest absolute Gasteiger partial charge is 0.483 e. The number of benzene rings is 3. The molecule has 3 aromatic carbocycles. The lowest BCUT2D eigenvalue weighted by Gasteiger charge is -2.08. The van der Waals surface area contributed by atoms with E-state index in [4.69, 9.17) is 4.74 Å². The van der Waals surface area contributed by atoms with Gasteiger partial charge < -0.3 is 4.74 Å². The van der Waals surface area contributed by atoms with Gasteiger partial charge in [0.1, 0.15) is 5.75 Å². The molecule has 0 atom stereocenters. The minimum Gasteiger partial charge on any atom is -0.483 e. The maximum absolute atomic E-state index is 11.9. The Balaban J connectivity index is 1.53.